The van der Waals surface area contributed by atoms with Crippen molar-refractivity contribution in [2.24, 2.45) is 0 Å². The summed E-state index contributed by atoms with van der Waals surface area (Å²) in [6.45, 7) is 10.0. The fourth-order valence-electron chi connectivity index (χ4n) is 2.56. The Morgan fingerprint density at radius 2 is 1.95 bits per heavy atom. The topological polar surface area (TPSA) is 32.3 Å². The van der Waals surface area contributed by atoms with E-state index in [0.717, 1.165) is 29.5 Å². The van der Waals surface area contributed by atoms with Crippen molar-refractivity contribution in [1.29, 1.82) is 0 Å². The molecule has 4 heteroatoms. The molecule has 118 valence electrons. The molecule has 0 saturated heterocycles. The Morgan fingerprint density at radius 1 is 1.29 bits per heavy atom. The zero-order chi connectivity index (χ0) is 15.8. The third-order valence-corrected chi connectivity index (χ3v) is 4.36. The minimum Gasteiger partial charge on any atom is -0.336 e. The molecule has 1 N–H and O–H groups in total. The number of amides is 1. The molecule has 0 heterocycles. The van der Waals surface area contributed by atoms with E-state index in [9.17, 15) is 4.79 Å². The Balaban J connectivity index is 2.85. The average Bonchev–Trinajstić information content (AvgIpc) is 2.44. The van der Waals surface area contributed by atoms with Gasteiger partial charge in [0.25, 0.3) is 0 Å². The van der Waals surface area contributed by atoms with Gasteiger partial charge in [-0.15, -0.1) is 0 Å². The van der Waals surface area contributed by atoms with Crippen LogP contribution in [0.1, 0.15) is 52.1 Å². The zero-order valence-electron chi connectivity index (χ0n) is 13.5. The van der Waals surface area contributed by atoms with Crippen molar-refractivity contribution in [2.45, 2.75) is 52.6 Å². The summed E-state index contributed by atoms with van der Waals surface area (Å²) in [6, 6.07) is 8.43. The molecule has 1 amide bonds. The van der Waals surface area contributed by atoms with Crippen LogP contribution >= 0.6 is 15.9 Å². The summed E-state index contributed by atoms with van der Waals surface area (Å²) >= 11 is 3.59. The van der Waals surface area contributed by atoms with Gasteiger partial charge in [0, 0.05) is 23.5 Å². The number of carbonyl (C=O) groups is 1. The summed E-state index contributed by atoms with van der Waals surface area (Å²) in [4.78, 5) is 14.6. The van der Waals surface area contributed by atoms with Gasteiger partial charge >= 0.3 is 0 Å². The SMILES string of the molecule is CCCN(C(=O)CC(C)NCC)C(C)c1ccccc1Br. The maximum atomic E-state index is 12.6. The maximum absolute atomic E-state index is 12.6. The van der Waals surface area contributed by atoms with Gasteiger partial charge in [-0.3, -0.25) is 4.79 Å². The molecule has 1 aromatic rings. The Kier molecular flexibility index (Phi) is 7.97. The summed E-state index contributed by atoms with van der Waals surface area (Å²) < 4.78 is 1.06. The van der Waals surface area contributed by atoms with Crippen molar-refractivity contribution in [3.63, 3.8) is 0 Å². The zero-order valence-corrected chi connectivity index (χ0v) is 15.1. The summed E-state index contributed by atoms with van der Waals surface area (Å²) in [6.07, 6.45) is 1.51. The van der Waals surface area contributed by atoms with Crippen molar-refractivity contribution in [3.05, 3.63) is 34.3 Å². The fraction of sp³-hybridized carbons (Fsp3) is 0.588. The highest BCUT2D eigenvalue weighted by molar-refractivity contribution is 9.10. The molecular formula is C17H27BrN2O. The first-order valence-corrected chi connectivity index (χ1v) is 8.57. The Hall–Kier alpha value is -0.870. The lowest BCUT2D eigenvalue weighted by Gasteiger charge is -2.31. The van der Waals surface area contributed by atoms with E-state index in [1.165, 1.54) is 0 Å². The van der Waals surface area contributed by atoms with E-state index in [0.29, 0.717) is 6.42 Å². The molecule has 3 nitrogen and oxygen atoms in total. The lowest BCUT2D eigenvalue weighted by molar-refractivity contribution is -0.133. The van der Waals surface area contributed by atoms with E-state index in [1.807, 2.05) is 23.1 Å². The van der Waals surface area contributed by atoms with Crippen molar-refractivity contribution < 1.29 is 4.79 Å². The number of hydrogen-bond acceptors (Lipinski definition) is 2. The second-order valence-corrected chi connectivity index (χ2v) is 6.30. The quantitative estimate of drug-likeness (QED) is 0.760. The minimum atomic E-state index is 0.0850. The van der Waals surface area contributed by atoms with Crippen LogP contribution < -0.4 is 5.32 Å². The predicted octanol–water partition coefficient (Wildman–Crippen LogP) is 4.14. The van der Waals surface area contributed by atoms with Gasteiger partial charge in [-0.25, -0.2) is 0 Å². The summed E-state index contributed by atoms with van der Waals surface area (Å²) in [5, 5.41) is 3.31. The van der Waals surface area contributed by atoms with Gasteiger partial charge in [0.2, 0.25) is 5.91 Å². The first-order chi connectivity index (χ1) is 10.0. The van der Waals surface area contributed by atoms with Gasteiger partial charge in [-0.1, -0.05) is 48.0 Å². The van der Waals surface area contributed by atoms with E-state index < -0.39 is 0 Å². The number of rotatable bonds is 8. The lowest BCUT2D eigenvalue weighted by atomic mass is 10.1. The molecule has 0 fully saturated rings. The third kappa shape index (κ3) is 5.44. The van der Waals surface area contributed by atoms with E-state index in [2.05, 4.69) is 55.0 Å². The normalized spacial score (nSPS) is 13.8. The Bertz CT molecular complexity index is 450. The van der Waals surface area contributed by atoms with Gasteiger partial charge in [-0.05, 0) is 38.4 Å². The largest absolute Gasteiger partial charge is 0.336 e. The van der Waals surface area contributed by atoms with Gasteiger partial charge in [0.1, 0.15) is 0 Å². The molecule has 0 aliphatic heterocycles. The van der Waals surface area contributed by atoms with E-state index >= 15 is 0 Å². The van der Waals surface area contributed by atoms with Gasteiger partial charge in [-0.2, -0.15) is 0 Å². The van der Waals surface area contributed by atoms with Gasteiger partial charge < -0.3 is 10.2 Å². The van der Waals surface area contributed by atoms with Crippen LogP contribution in [0.15, 0.2) is 28.7 Å². The van der Waals surface area contributed by atoms with Crippen LogP contribution in [0.25, 0.3) is 0 Å². The monoisotopic (exact) mass is 354 g/mol. The maximum Gasteiger partial charge on any atom is 0.224 e. The van der Waals surface area contributed by atoms with Gasteiger partial charge in [0.15, 0.2) is 0 Å². The molecule has 0 bridgehead atoms. The molecule has 0 aromatic heterocycles. The molecule has 0 saturated carbocycles. The van der Waals surface area contributed by atoms with Crippen LogP contribution in [0.5, 0.6) is 0 Å². The second-order valence-electron chi connectivity index (χ2n) is 5.45. The van der Waals surface area contributed by atoms with Crippen molar-refractivity contribution in [2.75, 3.05) is 13.1 Å². The number of nitrogens with zero attached hydrogens (tertiary/aromatic N) is 1. The van der Waals surface area contributed by atoms with Crippen LogP contribution in [0.4, 0.5) is 0 Å². The molecular weight excluding hydrogens is 328 g/mol. The highest BCUT2D eigenvalue weighted by Crippen LogP contribution is 2.28. The Morgan fingerprint density at radius 3 is 2.52 bits per heavy atom. The van der Waals surface area contributed by atoms with Crippen LogP contribution in [-0.4, -0.2) is 29.9 Å². The van der Waals surface area contributed by atoms with Crippen LogP contribution in [0.2, 0.25) is 0 Å². The molecule has 1 aromatic carbocycles. The van der Waals surface area contributed by atoms with E-state index in [-0.39, 0.29) is 18.0 Å². The van der Waals surface area contributed by atoms with Crippen molar-refractivity contribution in [1.82, 2.24) is 10.2 Å². The number of carbonyl (C=O) groups excluding carboxylic acids is 1. The number of benzene rings is 1. The lowest BCUT2D eigenvalue weighted by Crippen LogP contribution is -2.39. The average molecular weight is 355 g/mol. The van der Waals surface area contributed by atoms with Crippen molar-refractivity contribution in [3.8, 4) is 0 Å². The standard InChI is InChI=1S/C17H27BrN2O/c1-5-11-20(17(21)12-13(3)19-6-2)14(4)15-9-7-8-10-16(15)18/h7-10,13-14,19H,5-6,11-12H2,1-4H3. The summed E-state index contributed by atoms with van der Waals surface area (Å²) in [5.41, 5.74) is 1.16. The van der Waals surface area contributed by atoms with Gasteiger partial charge in [0.05, 0.1) is 6.04 Å². The summed E-state index contributed by atoms with van der Waals surface area (Å²) in [7, 11) is 0. The van der Waals surface area contributed by atoms with E-state index in [1.54, 1.807) is 0 Å². The van der Waals surface area contributed by atoms with Crippen LogP contribution in [-0.2, 0) is 4.79 Å². The first-order valence-electron chi connectivity index (χ1n) is 7.78. The van der Waals surface area contributed by atoms with E-state index in [4.69, 9.17) is 0 Å². The minimum absolute atomic E-state index is 0.0850. The smallest absolute Gasteiger partial charge is 0.224 e. The van der Waals surface area contributed by atoms with Crippen LogP contribution in [0.3, 0.4) is 0 Å². The molecule has 0 spiro atoms. The molecule has 2 atom stereocenters. The molecule has 0 radical (unpaired) electrons. The van der Waals surface area contributed by atoms with Crippen molar-refractivity contribution >= 4 is 21.8 Å². The molecule has 1 rings (SSSR count). The Labute approximate surface area is 137 Å². The molecule has 2 unspecified atom stereocenters. The fourth-order valence-corrected chi connectivity index (χ4v) is 3.17. The molecule has 21 heavy (non-hydrogen) atoms. The molecule has 0 aliphatic rings. The highest BCUT2D eigenvalue weighted by atomic mass is 79.9. The number of hydrogen-bond donors (Lipinski definition) is 1. The highest BCUT2D eigenvalue weighted by Gasteiger charge is 2.23. The summed E-state index contributed by atoms with van der Waals surface area (Å²) in [5.74, 6) is 0.216. The predicted molar refractivity (Wildman–Crippen MR) is 92.3 cm³/mol. The first kappa shape index (κ1) is 18.2. The second kappa shape index (κ2) is 9.21. The van der Waals surface area contributed by atoms with Crippen LogP contribution in [0, 0.1) is 0 Å². The number of halogens is 1. The molecule has 0 aliphatic carbocycles. The third-order valence-electron chi connectivity index (χ3n) is 3.64. The number of nitrogens with one attached hydrogen (secondary N) is 1.